The van der Waals surface area contributed by atoms with E-state index >= 15 is 0 Å². The molecule has 1 saturated heterocycles. The largest absolute Gasteiger partial charge is 0.295 e. The zero-order valence-corrected chi connectivity index (χ0v) is 14.9. The van der Waals surface area contributed by atoms with Crippen molar-refractivity contribution in [1.82, 2.24) is 19.7 Å². The Labute approximate surface area is 146 Å². The maximum atomic E-state index is 13.0. The van der Waals surface area contributed by atoms with E-state index in [2.05, 4.69) is 46.2 Å². The molecular weight excluding hydrogens is 320 g/mol. The quantitative estimate of drug-likeness (QED) is 0.854. The molecule has 0 saturated carbocycles. The molecule has 2 aliphatic heterocycles. The summed E-state index contributed by atoms with van der Waals surface area (Å²) in [5.74, 6) is 0.818. The highest BCUT2D eigenvalue weighted by Crippen LogP contribution is 2.42. The van der Waals surface area contributed by atoms with Crippen LogP contribution < -0.4 is 0 Å². The molecule has 2 aliphatic rings. The van der Waals surface area contributed by atoms with Crippen molar-refractivity contribution < 1.29 is 4.79 Å². The van der Waals surface area contributed by atoms with Gasteiger partial charge in [-0.25, -0.2) is 4.98 Å². The van der Waals surface area contributed by atoms with Crippen LogP contribution in [0.5, 0.6) is 0 Å². The van der Waals surface area contributed by atoms with Gasteiger partial charge < -0.3 is 0 Å². The molecule has 0 aliphatic carbocycles. The van der Waals surface area contributed by atoms with E-state index < -0.39 is 0 Å². The SMILES string of the molecule is CCc1nc2n(n1)C(=O)C(C(c1cccc(C)c1)N1CCCC1)S2. The van der Waals surface area contributed by atoms with Crippen molar-refractivity contribution in [2.45, 2.75) is 49.6 Å². The lowest BCUT2D eigenvalue weighted by Crippen LogP contribution is -2.37. The second-order valence-electron chi connectivity index (χ2n) is 6.55. The van der Waals surface area contributed by atoms with Crippen LogP contribution in [0.25, 0.3) is 0 Å². The van der Waals surface area contributed by atoms with E-state index in [0.717, 1.165) is 30.5 Å². The summed E-state index contributed by atoms with van der Waals surface area (Å²) in [6, 6.07) is 8.65. The predicted octanol–water partition coefficient (Wildman–Crippen LogP) is 3.10. The number of carbonyl (C=O) groups excluding carboxylic acids is 1. The Bertz CT molecular complexity index is 766. The van der Waals surface area contributed by atoms with Gasteiger partial charge in [0, 0.05) is 6.42 Å². The number of aromatic nitrogens is 3. The van der Waals surface area contributed by atoms with Gasteiger partial charge in [-0.15, -0.1) is 5.10 Å². The van der Waals surface area contributed by atoms with Crippen LogP contribution in [0.3, 0.4) is 0 Å². The fraction of sp³-hybridized carbons (Fsp3) is 0.500. The van der Waals surface area contributed by atoms with Crippen molar-refractivity contribution in [2.24, 2.45) is 0 Å². The van der Waals surface area contributed by atoms with Crippen LogP contribution >= 0.6 is 11.8 Å². The Morgan fingerprint density at radius 3 is 2.79 bits per heavy atom. The topological polar surface area (TPSA) is 51.0 Å². The molecule has 6 heteroatoms. The van der Waals surface area contributed by atoms with Gasteiger partial charge in [0.05, 0.1) is 6.04 Å². The van der Waals surface area contributed by atoms with Crippen LogP contribution in [-0.4, -0.2) is 43.9 Å². The van der Waals surface area contributed by atoms with Crippen LogP contribution in [0.15, 0.2) is 29.4 Å². The van der Waals surface area contributed by atoms with E-state index in [1.165, 1.54) is 28.7 Å². The first-order valence-corrected chi connectivity index (χ1v) is 9.53. The van der Waals surface area contributed by atoms with Gasteiger partial charge in [0.15, 0.2) is 11.0 Å². The maximum Gasteiger partial charge on any atom is 0.264 e. The number of benzene rings is 1. The van der Waals surface area contributed by atoms with Gasteiger partial charge in [-0.05, 0) is 38.4 Å². The number of carbonyl (C=O) groups is 1. The molecular formula is C18H22N4OS. The van der Waals surface area contributed by atoms with E-state index in [1.54, 1.807) is 11.8 Å². The fourth-order valence-corrected chi connectivity index (χ4v) is 4.92. The summed E-state index contributed by atoms with van der Waals surface area (Å²) in [4.78, 5) is 20.0. The van der Waals surface area contributed by atoms with Gasteiger partial charge in [0.1, 0.15) is 5.25 Å². The predicted molar refractivity (Wildman–Crippen MR) is 94.4 cm³/mol. The van der Waals surface area contributed by atoms with Crippen molar-refractivity contribution in [2.75, 3.05) is 13.1 Å². The molecule has 1 aromatic heterocycles. The molecule has 1 fully saturated rings. The molecule has 0 bridgehead atoms. The standard InChI is InChI=1S/C18H22N4OS/c1-3-14-19-18-22(20-14)17(23)16(24-18)15(21-9-4-5-10-21)13-8-6-7-12(2)11-13/h6-8,11,15-16H,3-5,9-10H2,1-2H3. The Morgan fingerprint density at radius 1 is 1.33 bits per heavy atom. The van der Waals surface area contributed by atoms with Gasteiger partial charge in [-0.2, -0.15) is 4.68 Å². The number of hydrogen-bond donors (Lipinski definition) is 0. The number of nitrogens with zero attached hydrogens (tertiary/aromatic N) is 4. The Hall–Kier alpha value is -1.66. The summed E-state index contributed by atoms with van der Waals surface area (Å²) >= 11 is 1.57. The highest BCUT2D eigenvalue weighted by molar-refractivity contribution is 8.00. The van der Waals surface area contributed by atoms with Crippen LogP contribution in [-0.2, 0) is 6.42 Å². The molecule has 0 N–H and O–H groups in total. The first-order valence-electron chi connectivity index (χ1n) is 8.65. The van der Waals surface area contributed by atoms with Crippen molar-refractivity contribution in [1.29, 1.82) is 0 Å². The van der Waals surface area contributed by atoms with Crippen molar-refractivity contribution in [3.05, 3.63) is 41.2 Å². The minimum atomic E-state index is -0.161. The van der Waals surface area contributed by atoms with Gasteiger partial charge in [0.2, 0.25) is 0 Å². The summed E-state index contributed by atoms with van der Waals surface area (Å²) in [6.07, 6.45) is 3.17. The van der Waals surface area contributed by atoms with E-state index in [1.807, 2.05) is 6.92 Å². The molecule has 2 unspecified atom stereocenters. The molecule has 2 aromatic rings. The second-order valence-corrected chi connectivity index (χ2v) is 7.66. The van der Waals surface area contributed by atoms with Crippen LogP contribution in [0.2, 0.25) is 0 Å². The van der Waals surface area contributed by atoms with Crippen LogP contribution in [0, 0.1) is 6.92 Å². The third-order valence-electron chi connectivity index (χ3n) is 4.83. The zero-order valence-electron chi connectivity index (χ0n) is 14.1. The highest BCUT2D eigenvalue weighted by atomic mass is 32.2. The number of thioether (sulfide) groups is 1. The second kappa shape index (κ2) is 6.33. The van der Waals surface area contributed by atoms with Crippen molar-refractivity contribution in [3.8, 4) is 0 Å². The summed E-state index contributed by atoms with van der Waals surface area (Å²) in [7, 11) is 0. The summed E-state index contributed by atoms with van der Waals surface area (Å²) in [6.45, 7) is 6.23. The molecule has 1 aromatic carbocycles. The lowest BCUT2D eigenvalue weighted by atomic mass is 9.99. The minimum absolute atomic E-state index is 0.0700. The first-order chi connectivity index (χ1) is 11.7. The molecule has 126 valence electrons. The average Bonchev–Trinajstić information content (AvgIpc) is 3.28. The Balaban J connectivity index is 1.69. The minimum Gasteiger partial charge on any atom is -0.295 e. The summed E-state index contributed by atoms with van der Waals surface area (Å²) < 4.78 is 1.52. The first kappa shape index (κ1) is 15.8. The van der Waals surface area contributed by atoms with E-state index in [4.69, 9.17) is 0 Å². The molecule has 24 heavy (non-hydrogen) atoms. The van der Waals surface area contributed by atoms with E-state index in [-0.39, 0.29) is 17.2 Å². The molecule has 3 heterocycles. The smallest absolute Gasteiger partial charge is 0.264 e. The molecule has 2 atom stereocenters. The number of hydrogen-bond acceptors (Lipinski definition) is 5. The van der Waals surface area contributed by atoms with E-state index in [9.17, 15) is 4.79 Å². The van der Waals surface area contributed by atoms with Crippen molar-refractivity contribution >= 4 is 17.7 Å². The third kappa shape index (κ3) is 2.67. The molecule has 4 rings (SSSR count). The third-order valence-corrected chi connectivity index (χ3v) is 6.01. The number of fused-ring (bicyclic) bond motifs is 1. The van der Waals surface area contributed by atoms with Crippen LogP contribution in [0.1, 0.15) is 47.6 Å². The van der Waals surface area contributed by atoms with Gasteiger partial charge in [-0.1, -0.05) is 48.5 Å². The molecule has 0 amide bonds. The normalized spacial score (nSPS) is 22.1. The monoisotopic (exact) mass is 342 g/mol. The number of likely N-dealkylation sites (tertiary alicyclic amines) is 1. The van der Waals surface area contributed by atoms with Gasteiger partial charge >= 0.3 is 0 Å². The lowest BCUT2D eigenvalue weighted by molar-refractivity contribution is 0.0847. The zero-order chi connectivity index (χ0) is 16.7. The van der Waals surface area contributed by atoms with Gasteiger partial charge in [0.25, 0.3) is 5.91 Å². The van der Waals surface area contributed by atoms with Crippen molar-refractivity contribution in [3.63, 3.8) is 0 Å². The highest BCUT2D eigenvalue weighted by Gasteiger charge is 2.43. The Kier molecular flexibility index (Phi) is 4.18. The molecule has 0 spiro atoms. The maximum absolute atomic E-state index is 13.0. The lowest BCUT2D eigenvalue weighted by Gasteiger charge is -2.31. The summed E-state index contributed by atoms with van der Waals surface area (Å²) in [5, 5.41) is 4.96. The number of rotatable bonds is 4. The Morgan fingerprint density at radius 2 is 2.12 bits per heavy atom. The molecule has 0 radical (unpaired) electrons. The number of aryl methyl sites for hydroxylation is 2. The molecule has 5 nitrogen and oxygen atoms in total. The van der Waals surface area contributed by atoms with Gasteiger partial charge in [-0.3, -0.25) is 9.69 Å². The summed E-state index contributed by atoms with van der Waals surface area (Å²) in [5.41, 5.74) is 2.46. The average molecular weight is 342 g/mol. The fourth-order valence-electron chi connectivity index (χ4n) is 3.64. The van der Waals surface area contributed by atoms with Crippen LogP contribution in [0.4, 0.5) is 0 Å². The van der Waals surface area contributed by atoms with E-state index in [0.29, 0.717) is 0 Å².